The Hall–Kier alpha value is -2.07. The molecule has 1 saturated carbocycles. The minimum atomic E-state index is 0.566. The van der Waals surface area contributed by atoms with Gasteiger partial charge in [-0.1, -0.05) is 6.07 Å². The minimum absolute atomic E-state index is 0.566. The SMILES string of the molecule is Cc1cc(C)cc(N=c2scc(-c3ccco3)n2C2CC2)c1. The number of furan rings is 1. The fourth-order valence-corrected chi connectivity index (χ4v) is 3.78. The summed E-state index contributed by atoms with van der Waals surface area (Å²) in [4.78, 5) is 5.95. The average Bonchev–Trinajstić information content (AvgIpc) is 2.99. The van der Waals surface area contributed by atoms with Gasteiger partial charge in [-0.25, -0.2) is 4.99 Å². The second kappa shape index (κ2) is 5.29. The largest absolute Gasteiger partial charge is 0.463 e. The lowest BCUT2D eigenvalue weighted by Gasteiger charge is -2.05. The molecule has 0 unspecified atom stereocenters. The van der Waals surface area contributed by atoms with Crippen LogP contribution in [0, 0.1) is 13.8 Å². The number of benzene rings is 1. The van der Waals surface area contributed by atoms with Crippen molar-refractivity contribution in [3.8, 4) is 11.5 Å². The maximum absolute atomic E-state index is 5.58. The van der Waals surface area contributed by atoms with Crippen molar-refractivity contribution in [1.82, 2.24) is 4.57 Å². The first-order chi connectivity index (χ1) is 10.7. The first-order valence-electron chi connectivity index (χ1n) is 7.57. The summed E-state index contributed by atoms with van der Waals surface area (Å²) in [7, 11) is 0. The van der Waals surface area contributed by atoms with Crippen molar-refractivity contribution >= 4 is 17.0 Å². The van der Waals surface area contributed by atoms with Crippen molar-refractivity contribution in [3.63, 3.8) is 0 Å². The van der Waals surface area contributed by atoms with Crippen molar-refractivity contribution in [3.05, 3.63) is 57.9 Å². The molecule has 0 bridgehead atoms. The van der Waals surface area contributed by atoms with Crippen LogP contribution in [0.25, 0.3) is 11.5 Å². The second-order valence-corrected chi connectivity index (χ2v) is 6.78. The summed E-state index contributed by atoms with van der Waals surface area (Å²) < 4.78 is 7.92. The van der Waals surface area contributed by atoms with Gasteiger partial charge in [0.2, 0.25) is 0 Å². The molecule has 0 saturated heterocycles. The Morgan fingerprint density at radius 2 is 1.95 bits per heavy atom. The Balaban J connectivity index is 1.87. The lowest BCUT2D eigenvalue weighted by molar-refractivity contribution is 0.570. The summed E-state index contributed by atoms with van der Waals surface area (Å²) in [5, 5.41) is 2.15. The van der Waals surface area contributed by atoms with E-state index in [2.05, 4.69) is 42.0 Å². The lowest BCUT2D eigenvalue weighted by Crippen LogP contribution is -2.14. The highest BCUT2D eigenvalue weighted by Gasteiger charge is 2.28. The molecule has 2 aromatic heterocycles. The predicted octanol–water partition coefficient (Wildman–Crippen LogP) is 4.99. The second-order valence-electron chi connectivity index (χ2n) is 5.94. The monoisotopic (exact) mass is 310 g/mol. The van der Waals surface area contributed by atoms with Crippen molar-refractivity contribution in [2.45, 2.75) is 32.7 Å². The smallest absolute Gasteiger partial charge is 0.190 e. The van der Waals surface area contributed by atoms with Crippen LogP contribution in [0.3, 0.4) is 0 Å². The van der Waals surface area contributed by atoms with Gasteiger partial charge < -0.3 is 8.98 Å². The molecular weight excluding hydrogens is 292 g/mol. The van der Waals surface area contributed by atoms with Crippen LogP contribution in [-0.2, 0) is 0 Å². The molecule has 0 aliphatic heterocycles. The third-order valence-corrected chi connectivity index (χ3v) is 4.70. The number of aryl methyl sites for hydroxylation is 2. The minimum Gasteiger partial charge on any atom is -0.463 e. The molecule has 4 heteroatoms. The molecule has 0 radical (unpaired) electrons. The van der Waals surface area contributed by atoms with Gasteiger partial charge in [-0.3, -0.25) is 0 Å². The lowest BCUT2D eigenvalue weighted by atomic mass is 10.1. The predicted molar refractivity (Wildman–Crippen MR) is 89.4 cm³/mol. The highest BCUT2D eigenvalue weighted by atomic mass is 32.1. The summed E-state index contributed by atoms with van der Waals surface area (Å²) in [5.74, 6) is 0.921. The van der Waals surface area contributed by atoms with Crippen molar-refractivity contribution in [1.29, 1.82) is 0 Å². The highest BCUT2D eigenvalue weighted by Crippen LogP contribution is 2.38. The van der Waals surface area contributed by atoms with Crippen molar-refractivity contribution < 1.29 is 4.42 Å². The van der Waals surface area contributed by atoms with Gasteiger partial charge in [0, 0.05) is 11.4 Å². The molecule has 112 valence electrons. The van der Waals surface area contributed by atoms with Gasteiger partial charge in [-0.15, -0.1) is 11.3 Å². The van der Waals surface area contributed by atoms with Crippen LogP contribution in [0.2, 0.25) is 0 Å². The molecule has 2 heterocycles. The van der Waals surface area contributed by atoms with Crippen LogP contribution in [0.4, 0.5) is 5.69 Å². The first kappa shape index (κ1) is 13.6. The van der Waals surface area contributed by atoms with E-state index in [9.17, 15) is 0 Å². The van der Waals surface area contributed by atoms with Gasteiger partial charge in [-0.05, 0) is 62.1 Å². The number of thiazole rings is 1. The Morgan fingerprint density at radius 3 is 2.59 bits per heavy atom. The number of hydrogen-bond acceptors (Lipinski definition) is 3. The van der Waals surface area contributed by atoms with Gasteiger partial charge in [0.15, 0.2) is 10.6 Å². The van der Waals surface area contributed by atoms with Crippen molar-refractivity contribution in [2.75, 3.05) is 0 Å². The zero-order valence-electron chi connectivity index (χ0n) is 12.7. The van der Waals surface area contributed by atoms with E-state index >= 15 is 0 Å². The molecule has 3 nitrogen and oxygen atoms in total. The first-order valence-corrected chi connectivity index (χ1v) is 8.45. The van der Waals surface area contributed by atoms with Crippen LogP contribution >= 0.6 is 11.3 Å². The van der Waals surface area contributed by atoms with E-state index in [-0.39, 0.29) is 0 Å². The number of hydrogen-bond donors (Lipinski definition) is 0. The summed E-state index contributed by atoms with van der Waals surface area (Å²) in [6, 6.07) is 11.0. The molecule has 4 rings (SSSR count). The summed E-state index contributed by atoms with van der Waals surface area (Å²) in [6.45, 7) is 4.23. The molecule has 0 amide bonds. The molecule has 1 aromatic carbocycles. The van der Waals surface area contributed by atoms with Gasteiger partial charge >= 0.3 is 0 Å². The molecule has 0 atom stereocenters. The van der Waals surface area contributed by atoms with E-state index in [1.165, 1.54) is 24.0 Å². The van der Waals surface area contributed by atoms with Gasteiger partial charge in [0.05, 0.1) is 17.6 Å². The van der Waals surface area contributed by atoms with E-state index in [0.29, 0.717) is 6.04 Å². The molecule has 1 fully saturated rings. The number of aromatic nitrogens is 1. The zero-order valence-corrected chi connectivity index (χ0v) is 13.6. The van der Waals surface area contributed by atoms with Crippen molar-refractivity contribution in [2.24, 2.45) is 4.99 Å². The topological polar surface area (TPSA) is 30.4 Å². The zero-order chi connectivity index (χ0) is 15.1. The number of rotatable bonds is 3. The average molecular weight is 310 g/mol. The highest BCUT2D eigenvalue weighted by molar-refractivity contribution is 7.07. The Morgan fingerprint density at radius 1 is 1.18 bits per heavy atom. The maximum Gasteiger partial charge on any atom is 0.190 e. The quantitative estimate of drug-likeness (QED) is 0.670. The standard InChI is InChI=1S/C18H18N2OS/c1-12-8-13(2)10-14(9-12)19-18-20(15-5-6-15)16(11-22-18)17-4-3-7-21-17/h3-4,7-11,15H,5-6H2,1-2H3. The maximum atomic E-state index is 5.58. The van der Waals surface area contributed by atoms with Crippen LogP contribution < -0.4 is 4.80 Å². The molecule has 1 aliphatic carbocycles. The molecule has 1 aliphatic rings. The fraction of sp³-hybridized carbons (Fsp3) is 0.278. The molecule has 22 heavy (non-hydrogen) atoms. The molecular formula is C18H18N2OS. The summed E-state index contributed by atoms with van der Waals surface area (Å²) in [5.41, 5.74) is 4.67. The van der Waals surface area contributed by atoms with E-state index in [0.717, 1.165) is 21.9 Å². The van der Waals surface area contributed by atoms with Gasteiger partial charge in [0.1, 0.15) is 0 Å². The van der Waals surface area contributed by atoms with Crippen LogP contribution in [0.1, 0.15) is 30.0 Å². The Labute approximate surface area is 133 Å². The van der Waals surface area contributed by atoms with Crippen LogP contribution in [0.5, 0.6) is 0 Å². The van der Waals surface area contributed by atoms with E-state index in [4.69, 9.17) is 9.41 Å². The normalized spacial score (nSPS) is 15.5. The van der Waals surface area contributed by atoms with Crippen LogP contribution in [0.15, 0.2) is 51.4 Å². The third-order valence-electron chi connectivity index (χ3n) is 3.86. The van der Waals surface area contributed by atoms with Gasteiger partial charge in [0.25, 0.3) is 0 Å². The Bertz CT molecular complexity index is 847. The van der Waals surface area contributed by atoms with E-state index in [1.807, 2.05) is 12.1 Å². The third kappa shape index (κ3) is 2.55. The van der Waals surface area contributed by atoms with E-state index < -0.39 is 0 Å². The van der Waals surface area contributed by atoms with Crippen LogP contribution in [-0.4, -0.2) is 4.57 Å². The molecule has 0 N–H and O–H groups in total. The number of nitrogens with zero attached hydrogens (tertiary/aromatic N) is 2. The summed E-state index contributed by atoms with van der Waals surface area (Å²) >= 11 is 1.69. The van der Waals surface area contributed by atoms with Gasteiger partial charge in [-0.2, -0.15) is 0 Å². The molecule has 0 spiro atoms. The molecule has 3 aromatic rings. The Kier molecular flexibility index (Phi) is 3.26. The van der Waals surface area contributed by atoms with E-state index in [1.54, 1.807) is 17.6 Å². The summed E-state index contributed by atoms with van der Waals surface area (Å²) in [6.07, 6.45) is 4.18. The fourth-order valence-electron chi connectivity index (χ4n) is 2.82.